The Balaban J connectivity index is 0.000000350. The van der Waals surface area contributed by atoms with E-state index >= 15 is 0 Å². The van der Waals surface area contributed by atoms with E-state index in [1.807, 2.05) is 33.0 Å². The zero-order chi connectivity index (χ0) is 24.5. The number of carbonyl (C=O) groups excluding carboxylic acids is 1. The van der Waals surface area contributed by atoms with Crippen molar-refractivity contribution in [1.82, 2.24) is 4.57 Å². The molecule has 1 unspecified atom stereocenters. The van der Waals surface area contributed by atoms with Crippen LogP contribution in [0.4, 0.5) is 5.69 Å². The van der Waals surface area contributed by atoms with Crippen molar-refractivity contribution in [2.75, 3.05) is 19.0 Å². The fourth-order valence-corrected chi connectivity index (χ4v) is 4.33. The molecule has 2 aromatic carbocycles. The van der Waals surface area contributed by atoms with Gasteiger partial charge in [0.05, 0.1) is 29.5 Å². The highest BCUT2D eigenvalue weighted by Gasteiger charge is 2.27. The first kappa shape index (κ1) is 25.2. The van der Waals surface area contributed by atoms with Gasteiger partial charge in [-0.3, -0.25) is 4.79 Å². The highest BCUT2D eigenvalue weighted by Crippen LogP contribution is 2.43. The van der Waals surface area contributed by atoms with Gasteiger partial charge in [0.15, 0.2) is 0 Å². The summed E-state index contributed by atoms with van der Waals surface area (Å²) >= 11 is 0. The van der Waals surface area contributed by atoms with Crippen LogP contribution < -0.4 is 10.1 Å². The largest absolute Gasteiger partial charge is 0.494 e. The van der Waals surface area contributed by atoms with E-state index in [4.69, 9.17) is 4.74 Å². The summed E-state index contributed by atoms with van der Waals surface area (Å²) < 4.78 is 12.7. The van der Waals surface area contributed by atoms with Crippen molar-refractivity contribution in [3.63, 3.8) is 0 Å². The molecule has 1 heterocycles. The molecule has 0 aliphatic heterocycles. The van der Waals surface area contributed by atoms with E-state index < -0.39 is 0 Å². The predicted octanol–water partition coefficient (Wildman–Crippen LogP) is 6.69. The minimum absolute atomic E-state index is 0.0949. The summed E-state index contributed by atoms with van der Waals surface area (Å²) in [7, 11) is 1.91. The highest BCUT2D eigenvalue weighted by atomic mass is 16.5. The number of fused-ring (bicyclic) bond motifs is 1. The van der Waals surface area contributed by atoms with E-state index in [1.165, 1.54) is 6.42 Å². The van der Waals surface area contributed by atoms with E-state index in [0.717, 1.165) is 64.8 Å². The van der Waals surface area contributed by atoms with Gasteiger partial charge in [-0.15, -0.1) is 0 Å². The summed E-state index contributed by atoms with van der Waals surface area (Å²) in [5, 5.41) is 14.1. The van der Waals surface area contributed by atoms with Gasteiger partial charge in [0.25, 0.3) is 6.47 Å². The average Bonchev–Trinajstić information content (AvgIpc) is 3.12. The van der Waals surface area contributed by atoms with E-state index in [2.05, 4.69) is 57.9 Å². The molecule has 180 valence electrons. The second-order valence-electron chi connectivity index (χ2n) is 8.56. The monoisotopic (exact) mass is 461 g/mol. The second kappa shape index (κ2) is 12.1. The fourth-order valence-electron chi connectivity index (χ4n) is 4.33. The van der Waals surface area contributed by atoms with Crippen LogP contribution in [-0.4, -0.2) is 30.8 Å². The van der Waals surface area contributed by atoms with Gasteiger partial charge >= 0.3 is 0 Å². The molecule has 1 aliphatic carbocycles. The molecule has 4 rings (SSSR count). The van der Waals surface area contributed by atoms with E-state index in [-0.39, 0.29) is 6.10 Å². The first-order chi connectivity index (χ1) is 16.6. The maximum Gasteiger partial charge on any atom is 0.293 e. The molecule has 0 spiro atoms. The molecule has 34 heavy (non-hydrogen) atoms. The molecule has 0 amide bonds. The van der Waals surface area contributed by atoms with Crippen molar-refractivity contribution < 1.29 is 14.3 Å². The Kier molecular flexibility index (Phi) is 8.98. The van der Waals surface area contributed by atoms with Crippen LogP contribution in [0.25, 0.3) is 22.2 Å². The van der Waals surface area contributed by atoms with Crippen molar-refractivity contribution in [3.8, 4) is 23.1 Å². The van der Waals surface area contributed by atoms with E-state index in [0.29, 0.717) is 19.1 Å². The molecular formula is C28H35N3O3. The van der Waals surface area contributed by atoms with Crippen molar-refractivity contribution in [2.45, 2.75) is 65.0 Å². The van der Waals surface area contributed by atoms with Gasteiger partial charge in [0.1, 0.15) is 11.8 Å². The fraction of sp³-hybridized carbons (Fsp3) is 0.429. The summed E-state index contributed by atoms with van der Waals surface area (Å²) in [4.78, 5) is 9.67. The van der Waals surface area contributed by atoms with Crippen LogP contribution >= 0.6 is 0 Å². The standard InChI is InChI=1S/C22H23N3O.C6H12O2/c1-3-26-18-11-12-19-20(14-23)22(15-7-9-16(24-2)10-8-15)25(21(19)13-18)17-5-4-6-17;1-3-4-6(2)8-5-7/h7-13,17,24H,3-6H2,1-2H3;5-6H,3-4H2,1-2H3. The number of rotatable bonds is 9. The highest BCUT2D eigenvalue weighted by molar-refractivity contribution is 5.95. The van der Waals surface area contributed by atoms with Crippen molar-refractivity contribution in [1.29, 1.82) is 5.26 Å². The van der Waals surface area contributed by atoms with Gasteiger partial charge < -0.3 is 19.4 Å². The number of hydrogen-bond donors (Lipinski definition) is 1. The molecule has 1 fully saturated rings. The van der Waals surface area contributed by atoms with Crippen LogP contribution in [0.3, 0.4) is 0 Å². The van der Waals surface area contributed by atoms with Crippen molar-refractivity contribution >= 4 is 23.1 Å². The summed E-state index contributed by atoms with van der Waals surface area (Å²) in [6.45, 7) is 7.08. The normalized spacial score (nSPS) is 13.7. The molecule has 1 saturated carbocycles. The number of nitrogens with zero attached hydrogens (tertiary/aromatic N) is 2. The lowest BCUT2D eigenvalue weighted by Gasteiger charge is -2.30. The maximum atomic E-state index is 9.93. The number of carbonyl (C=O) groups is 1. The molecule has 3 aromatic rings. The molecule has 6 nitrogen and oxygen atoms in total. The third-order valence-electron chi connectivity index (χ3n) is 6.27. The minimum atomic E-state index is 0.0949. The molecule has 1 N–H and O–H groups in total. The first-order valence-electron chi connectivity index (χ1n) is 12.2. The summed E-state index contributed by atoms with van der Waals surface area (Å²) in [6.07, 6.45) is 5.69. The molecule has 0 saturated heterocycles. The Bertz CT molecular complexity index is 1120. The van der Waals surface area contributed by atoms with E-state index in [9.17, 15) is 10.1 Å². The Morgan fingerprint density at radius 3 is 2.47 bits per heavy atom. The average molecular weight is 462 g/mol. The number of nitriles is 1. The first-order valence-corrected chi connectivity index (χ1v) is 12.2. The van der Waals surface area contributed by atoms with Gasteiger partial charge in [0.2, 0.25) is 0 Å². The third kappa shape index (κ3) is 5.53. The Morgan fingerprint density at radius 2 is 1.94 bits per heavy atom. The third-order valence-corrected chi connectivity index (χ3v) is 6.27. The van der Waals surface area contributed by atoms with E-state index in [1.54, 1.807) is 0 Å². The van der Waals surface area contributed by atoms with Crippen molar-refractivity contribution in [2.24, 2.45) is 0 Å². The van der Waals surface area contributed by atoms with Gasteiger partial charge in [-0.05, 0) is 69.4 Å². The summed E-state index contributed by atoms with van der Waals surface area (Å²) in [6, 6.07) is 17.3. The minimum Gasteiger partial charge on any atom is -0.494 e. The topological polar surface area (TPSA) is 76.3 Å². The quantitative estimate of drug-likeness (QED) is 0.359. The van der Waals surface area contributed by atoms with Gasteiger partial charge in [-0.25, -0.2) is 0 Å². The van der Waals surface area contributed by atoms with Crippen molar-refractivity contribution in [3.05, 3.63) is 48.0 Å². The Morgan fingerprint density at radius 1 is 1.21 bits per heavy atom. The summed E-state index contributed by atoms with van der Waals surface area (Å²) in [5.74, 6) is 0.861. The van der Waals surface area contributed by atoms with Crippen LogP contribution in [-0.2, 0) is 9.53 Å². The molecule has 1 atom stereocenters. The molecular weight excluding hydrogens is 426 g/mol. The van der Waals surface area contributed by atoms with Crippen LogP contribution in [0.2, 0.25) is 0 Å². The lowest BCUT2D eigenvalue weighted by Crippen LogP contribution is -2.17. The second-order valence-corrected chi connectivity index (χ2v) is 8.56. The summed E-state index contributed by atoms with van der Waals surface area (Å²) in [5.41, 5.74) is 5.04. The number of ether oxygens (including phenoxy) is 2. The van der Waals surface area contributed by atoms with Crippen LogP contribution in [0, 0.1) is 11.3 Å². The number of aromatic nitrogens is 1. The molecule has 0 radical (unpaired) electrons. The van der Waals surface area contributed by atoms with Crippen LogP contribution in [0.5, 0.6) is 5.75 Å². The number of nitrogens with one attached hydrogen (secondary N) is 1. The lowest BCUT2D eigenvalue weighted by molar-refractivity contribution is -0.133. The zero-order valence-electron chi connectivity index (χ0n) is 20.6. The van der Waals surface area contributed by atoms with Gasteiger partial charge in [0, 0.05) is 30.2 Å². The molecule has 1 aliphatic rings. The zero-order valence-corrected chi connectivity index (χ0v) is 20.6. The molecule has 0 bridgehead atoms. The lowest BCUT2D eigenvalue weighted by atomic mass is 9.92. The Labute approximate surface area is 202 Å². The van der Waals surface area contributed by atoms with Crippen LogP contribution in [0.1, 0.15) is 64.5 Å². The predicted molar refractivity (Wildman–Crippen MR) is 137 cm³/mol. The number of hydrogen-bond acceptors (Lipinski definition) is 5. The Hall–Kier alpha value is -3.46. The maximum absolute atomic E-state index is 9.93. The van der Waals surface area contributed by atoms with Crippen LogP contribution in [0.15, 0.2) is 42.5 Å². The SMILES string of the molecule is CCCC(C)OC=O.CCOc1ccc2c(C#N)c(-c3ccc(NC)cc3)n(C3CCC3)c2c1. The van der Waals surface area contributed by atoms with Gasteiger partial charge in [-0.2, -0.15) is 5.26 Å². The number of anilines is 1. The number of benzene rings is 2. The molecule has 1 aromatic heterocycles. The smallest absolute Gasteiger partial charge is 0.293 e. The van der Waals surface area contributed by atoms with Gasteiger partial charge in [-0.1, -0.05) is 25.5 Å². The molecule has 6 heteroatoms.